The van der Waals surface area contributed by atoms with Crippen molar-refractivity contribution >= 4 is 27.5 Å². The van der Waals surface area contributed by atoms with Crippen molar-refractivity contribution in [1.82, 2.24) is 9.62 Å². The summed E-state index contributed by atoms with van der Waals surface area (Å²) in [6.45, 7) is 1.63. The van der Waals surface area contributed by atoms with Gasteiger partial charge in [-0.3, -0.25) is 4.79 Å². The average molecular weight is 463 g/mol. The molecule has 0 unspecified atom stereocenters. The van der Waals surface area contributed by atoms with Crippen molar-refractivity contribution in [1.29, 1.82) is 0 Å². The molecule has 0 spiro atoms. The van der Waals surface area contributed by atoms with Gasteiger partial charge in [-0.05, 0) is 61.6 Å². The van der Waals surface area contributed by atoms with Crippen molar-refractivity contribution in [2.75, 3.05) is 19.8 Å². The van der Waals surface area contributed by atoms with Crippen molar-refractivity contribution in [2.24, 2.45) is 0 Å². The third-order valence-corrected chi connectivity index (χ3v) is 7.83. The Balaban J connectivity index is 1.42. The van der Waals surface area contributed by atoms with Crippen LogP contribution >= 0.6 is 11.6 Å². The number of likely N-dealkylation sites (tertiary alicyclic amines) is 1. The lowest BCUT2D eigenvalue weighted by molar-refractivity contribution is 0.0735. The lowest BCUT2D eigenvalue weighted by Crippen LogP contribution is -2.31. The van der Waals surface area contributed by atoms with Crippen molar-refractivity contribution in [2.45, 2.75) is 42.7 Å². The van der Waals surface area contributed by atoms with Crippen LogP contribution in [0.3, 0.4) is 0 Å². The van der Waals surface area contributed by atoms with Crippen LogP contribution in [-0.2, 0) is 10.0 Å². The van der Waals surface area contributed by atoms with E-state index in [1.165, 1.54) is 12.1 Å². The topological polar surface area (TPSA) is 84.9 Å². The normalized spacial score (nSPS) is 20.7. The number of fused-ring (bicyclic) bond motifs is 1. The molecule has 0 aromatic heterocycles. The Morgan fingerprint density at radius 1 is 1.03 bits per heavy atom. The number of nitrogens with zero attached hydrogens (tertiary/aromatic N) is 1. The zero-order valence-corrected chi connectivity index (χ0v) is 18.4. The number of sulfonamides is 1. The molecule has 164 valence electrons. The molecule has 2 fully saturated rings. The second-order valence-corrected chi connectivity index (χ2v) is 10.2. The predicted octanol–water partition coefficient (Wildman–Crippen LogP) is 3.53. The fraction of sp³-hybridized carbons (Fsp3) is 0.409. The van der Waals surface area contributed by atoms with E-state index >= 15 is 0 Å². The maximum atomic E-state index is 13.4. The first kappa shape index (κ1) is 20.6. The first-order valence-corrected chi connectivity index (χ1v) is 12.3. The summed E-state index contributed by atoms with van der Waals surface area (Å²) in [5.74, 6) is 1.19. The first-order chi connectivity index (χ1) is 14.9. The maximum Gasteiger partial charge on any atom is 0.254 e. The molecule has 9 heteroatoms. The van der Waals surface area contributed by atoms with Crippen LogP contribution in [0.25, 0.3) is 0 Å². The van der Waals surface area contributed by atoms with Gasteiger partial charge in [0.15, 0.2) is 11.5 Å². The van der Waals surface area contributed by atoms with Gasteiger partial charge in [0.05, 0.1) is 11.1 Å². The van der Waals surface area contributed by atoms with Crippen molar-refractivity contribution in [3.8, 4) is 11.5 Å². The molecule has 1 N–H and O–H groups in total. The second kappa shape index (κ2) is 8.00. The SMILES string of the molecule is O=C(c1ccc(Cl)c(S(=O)(=O)NC2CC2)c1)N1CCC[C@@H]1c1ccc2c(c1)OCCO2. The van der Waals surface area contributed by atoms with Crippen LogP contribution in [0, 0.1) is 0 Å². The van der Waals surface area contributed by atoms with Crippen LogP contribution < -0.4 is 14.2 Å². The number of carbonyl (C=O) groups excluding carboxylic acids is 1. The highest BCUT2D eigenvalue weighted by atomic mass is 35.5. The second-order valence-electron chi connectivity index (χ2n) is 8.10. The summed E-state index contributed by atoms with van der Waals surface area (Å²) in [6.07, 6.45) is 3.33. The van der Waals surface area contributed by atoms with Crippen molar-refractivity contribution in [3.05, 3.63) is 52.5 Å². The number of hydrogen-bond acceptors (Lipinski definition) is 5. The number of rotatable bonds is 5. The van der Waals surface area contributed by atoms with E-state index in [9.17, 15) is 13.2 Å². The number of carbonyl (C=O) groups is 1. The molecule has 1 aliphatic carbocycles. The molecule has 1 amide bonds. The van der Waals surface area contributed by atoms with E-state index in [2.05, 4.69) is 4.72 Å². The molecule has 5 rings (SSSR count). The summed E-state index contributed by atoms with van der Waals surface area (Å²) in [4.78, 5) is 15.1. The Bertz CT molecular complexity index is 1130. The molecule has 0 bridgehead atoms. The molecule has 1 saturated heterocycles. The van der Waals surface area contributed by atoms with Crippen LogP contribution in [0.2, 0.25) is 5.02 Å². The van der Waals surface area contributed by atoms with Gasteiger partial charge in [0.2, 0.25) is 10.0 Å². The Hall–Kier alpha value is -2.29. The predicted molar refractivity (Wildman–Crippen MR) is 115 cm³/mol. The average Bonchev–Trinajstić information content (AvgIpc) is 3.43. The first-order valence-electron chi connectivity index (χ1n) is 10.4. The quantitative estimate of drug-likeness (QED) is 0.734. The summed E-state index contributed by atoms with van der Waals surface area (Å²) in [5, 5.41) is 0.106. The number of ether oxygens (including phenoxy) is 2. The molecule has 2 aromatic carbocycles. The Labute approximate surface area is 186 Å². The molecule has 1 saturated carbocycles. The molecule has 2 heterocycles. The summed E-state index contributed by atoms with van der Waals surface area (Å²) in [5.41, 5.74) is 1.29. The van der Waals surface area contributed by atoms with Gasteiger partial charge < -0.3 is 14.4 Å². The zero-order chi connectivity index (χ0) is 21.6. The monoisotopic (exact) mass is 462 g/mol. The molecule has 1 atom stereocenters. The highest BCUT2D eigenvalue weighted by Gasteiger charge is 2.33. The van der Waals surface area contributed by atoms with Crippen LogP contribution in [0.5, 0.6) is 11.5 Å². The molecule has 0 radical (unpaired) electrons. The van der Waals surface area contributed by atoms with Crippen LogP contribution in [-0.4, -0.2) is 45.0 Å². The van der Waals surface area contributed by atoms with E-state index in [-0.39, 0.29) is 27.9 Å². The van der Waals surface area contributed by atoms with Crippen molar-refractivity contribution < 1.29 is 22.7 Å². The third-order valence-electron chi connectivity index (χ3n) is 5.83. The standard InChI is InChI=1S/C22H23ClN2O5S/c23-17-7-3-15(13-21(17)31(27,28)24-16-5-6-16)22(26)25-9-1-2-18(25)14-4-8-19-20(12-14)30-11-10-29-19/h3-4,7-8,12-13,16,18,24H,1-2,5-6,9-11H2/t18-/m1/s1. The Morgan fingerprint density at radius 2 is 1.81 bits per heavy atom. The molecule has 3 aliphatic rings. The summed E-state index contributed by atoms with van der Waals surface area (Å²) in [6, 6.07) is 10.1. The fourth-order valence-corrected chi connectivity index (χ4v) is 5.95. The molecule has 2 aromatic rings. The Kier molecular flexibility index (Phi) is 5.32. The number of nitrogens with one attached hydrogen (secondary N) is 1. The third kappa shape index (κ3) is 4.12. The van der Waals surface area contributed by atoms with E-state index in [1.807, 2.05) is 18.2 Å². The number of amides is 1. The van der Waals surface area contributed by atoms with E-state index in [4.69, 9.17) is 21.1 Å². The number of halogens is 1. The van der Waals surface area contributed by atoms with Crippen molar-refractivity contribution in [3.63, 3.8) is 0 Å². The van der Waals surface area contributed by atoms with Crippen LogP contribution in [0.4, 0.5) is 0 Å². The van der Waals surface area contributed by atoms with Crippen LogP contribution in [0.1, 0.15) is 47.6 Å². The minimum Gasteiger partial charge on any atom is -0.486 e. The maximum absolute atomic E-state index is 13.4. The summed E-state index contributed by atoms with van der Waals surface area (Å²) >= 11 is 6.17. The number of hydrogen-bond donors (Lipinski definition) is 1. The highest BCUT2D eigenvalue weighted by molar-refractivity contribution is 7.89. The van der Waals surface area contributed by atoms with Crippen LogP contribution in [0.15, 0.2) is 41.3 Å². The lowest BCUT2D eigenvalue weighted by Gasteiger charge is -2.27. The van der Waals surface area contributed by atoms with Gasteiger partial charge in [-0.1, -0.05) is 17.7 Å². The van der Waals surface area contributed by atoms with Gasteiger partial charge in [0.25, 0.3) is 5.91 Å². The molecule has 31 heavy (non-hydrogen) atoms. The smallest absolute Gasteiger partial charge is 0.254 e. The van der Waals surface area contributed by atoms with E-state index in [0.29, 0.717) is 36.8 Å². The molecule has 2 aliphatic heterocycles. The van der Waals surface area contributed by atoms with Gasteiger partial charge in [-0.25, -0.2) is 13.1 Å². The van der Waals surface area contributed by atoms with Gasteiger partial charge in [-0.2, -0.15) is 0 Å². The molecule has 7 nitrogen and oxygen atoms in total. The summed E-state index contributed by atoms with van der Waals surface area (Å²) in [7, 11) is -3.77. The summed E-state index contributed by atoms with van der Waals surface area (Å²) < 4.78 is 39.3. The largest absolute Gasteiger partial charge is 0.486 e. The van der Waals surface area contributed by atoms with Gasteiger partial charge in [0.1, 0.15) is 18.1 Å². The zero-order valence-electron chi connectivity index (χ0n) is 16.8. The Morgan fingerprint density at radius 3 is 2.58 bits per heavy atom. The van der Waals surface area contributed by atoms with Gasteiger partial charge in [0, 0.05) is 18.2 Å². The molecular formula is C22H23ClN2O5S. The van der Waals surface area contributed by atoms with E-state index in [0.717, 1.165) is 31.2 Å². The minimum absolute atomic E-state index is 0.0430. The lowest BCUT2D eigenvalue weighted by atomic mass is 10.0. The van der Waals surface area contributed by atoms with Gasteiger partial charge in [-0.15, -0.1) is 0 Å². The number of benzene rings is 2. The van der Waals surface area contributed by atoms with E-state index in [1.54, 1.807) is 11.0 Å². The van der Waals surface area contributed by atoms with Gasteiger partial charge >= 0.3 is 0 Å². The fourth-order valence-electron chi connectivity index (χ4n) is 4.12. The molecular weight excluding hydrogens is 440 g/mol. The van der Waals surface area contributed by atoms with E-state index < -0.39 is 10.0 Å². The minimum atomic E-state index is -3.77. The highest BCUT2D eigenvalue weighted by Crippen LogP contribution is 2.39.